The van der Waals surface area contributed by atoms with Crippen molar-refractivity contribution < 1.29 is 20.1 Å². The lowest BCUT2D eigenvalue weighted by Crippen LogP contribution is -2.58. The van der Waals surface area contributed by atoms with Crippen molar-refractivity contribution in [2.24, 2.45) is 0 Å². The van der Waals surface area contributed by atoms with E-state index in [4.69, 9.17) is 0 Å². The van der Waals surface area contributed by atoms with Gasteiger partial charge in [0, 0.05) is 0 Å². The Morgan fingerprint density at radius 2 is 1.65 bits per heavy atom. The van der Waals surface area contributed by atoms with Crippen LogP contribution in [0.3, 0.4) is 0 Å². The Balaban J connectivity index is 1.96. The topological polar surface area (TPSA) is 102 Å². The van der Waals surface area contributed by atoms with Gasteiger partial charge in [-0.05, 0) is 24.1 Å². The summed E-state index contributed by atoms with van der Waals surface area (Å²) in [6.07, 6.45) is -0.292. The second-order valence-corrected chi connectivity index (χ2v) is 6.53. The summed E-state index contributed by atoms with van der Waals surface area (Å²) in [5, 5.41) is 37.2. The normalized spacial score (nSPS) is 21.3. The van der Waals surface area contributed by atoms with Gasteiger partial charge in [-0.15, -0.1) is 0 Å². The van der Waals surface area contributed by atoms with Gasteiger partial charge in [-0.1, -0.05) is 60.7 Å². The highest BCUT2D eigenvalue weighted by molar-refractivity contribution is 5.83. The van der Waals surface area contributed by atoms with Crippen LogP contribution in [0.25, 0.3) is 0 Å². The lowest BCUT2D eigenvalue weighted by atomic mass is 9.80. The van der Waals surface area contributed by atoms with Crippen molar-refractivity contribution >= 4 is 5.91 Å². The van der Waals surface area contributed by atoms with Gasteiger partial charge in [0.25, 0.3) is 0 Å². The number of hydrogen-bond donors (Lipinski definition) is 5. The summed E-state index contributed by atoms with van der Waals surface area (Å²) in [4.78, 5) is 12.6. The number of aliphatic hydroxyl groups excluding tert-OH is 2. The Morgan fingerprint density at radius 1 is 1.12 bits per heavy atom. The van der Waals surface area contributed by atoms with Crippen LogP contribution in [0.4, 0.5) is 0 Å². The van der Waals surface area contributed by atoms with Crippen molar-refractivity contribution in [1.29, 1.82) is 0 Å². The van der Waals surface area contributed by atoms with Crippen LogP contribution >= 0.6 is 0 Å². The van der Waals surface area contributed by atoms with Crippen LogP contribution in [0.1, 0.15) is 17.5 Å². The molecule has 1 fully saturated rings. The molecule has 3 atom stereocenters. The number of hydrogen-bond acceptors (Lipinski definition) is 5. The van der Waals surface area contributed by atoms with E-state index in [-0.39, 0.29) is 0 Å². The third-order valence-corrected chi connectivity index (χ3v) is 4.90. The van der Waals surface area contributed by atoms with Crippen molar-refractivity contribution in [3.05, 3.63) is 71.8 Å². The van der Waals surface area contributed by atoms with Crippen molar-refractivity contribution in [1.82, 2.24) is 10.6 Å². The third kappa shape index (κ3) is 3.50. The molecule has 26 heavy (non-hydrogen) atoms. The van der Waals surface area contributed by atoms with Crippen LogP contribution in [0, 0.1) is 0 Å². The maximum Gasteiger partial charge on any atom is 0.240 e. The van der Waals surface area contributed by atoms with Gasteiger partial charge in [-0.25, -0.2) is 0 Å². The summed E-state index contributed by atoms with van der Waals surface area (Å²) in [5.74, 6) is -0.445. The number of rotatable bonds is 6. The molecule has 2 aromatic rings. The van der Waals surface area contributed by atoms with E-state index in [9.17, 15) is 20.1 Å². The van der Waals surface area contributed by atoms with E-state index in [0.717, 1.165) is 0 Å². The highest BCUT2D eigenvalue weighted by Gasteiger charge is 2.42. The maximum absolute atomic E-state index is 12.6. The van der Waals surface area contributed by atoms with Crippen molar-refractivity contribution in [3.8, 4) is 0 Å². The minimum Gasteiger partial charge on any atom is -0.394 e. The number of aliphatic hydroxyl groups is 3. The molecule has 0 bridgehead atoms. The zero-order chi connectivity index (χ0) is 18.6. The summed E-state index contributed by atoms with van der Waals surface area (Å²) in [5.41, 5.74) is -0.493. The SMILES string of the molecule is O=C(N[C@@H](CO)C(O)(c1ccccc1)c1ccccc1)[C@H]1NCC[C@@H]1O. The Bertz CT molecular complexity index is 684. The summed E-state index contributed by atoms with van der Waals surface area (Å²) in [6.45, 7) is 0.0829. The molecule has 0 radical (unpaired) electrons. The molecule has 1 aliphatic heterocycles. The molecule has 0 unspecified atom stereocenters. The zero-order valence-electron chi connectivity index (χ0n) is 14.4. The number of nitrogens with one attached hydrogen (secondary N) is 2. The quantitative estimate of drug-likeness (QED) is 0.506. The molecule has 0 spiro atoms. The lowest BCUT2D eigenvalue weighted by Gasteiger charge is -2.37. The summed E-state index contributed by atoms with van der Waals surface area (Å²) >= 11 is 0. The molecular weight excluding hydrogens is 332 g/mol. The van der Waals surface area contributed by atoms with Gasteiger partial charge in [0.1, 0.15) is 11.6 Å². The van der Waals surface area contributed by atoms with E-state index in [2.05, 4.69) is 10.6 Å². The average molecular weight is 356 g/mol. The fraction of sp³-hybridized carbons (Fsp3) is 0.350. The van der Waals surface area contributed by atoms with E-state index in [1.54, 1.807) is 48.5 Å². The maximum atomic E-state index is 12.6. The molecule has 1 heterocycles. The molecular formula is C20H24N2O4. The predicted molar refractivity (Wildman–Crippen MR) is 97.3 cm³/mol. The smallest absolute Gasteiger partial charge is 0.240 e. The number of amides is 1. The minimum atomic E-state index is -1.61. The van der Waals surface area contributed by atoms with Gasteiger partial charge in [0.05, 0.1) is 18.8 Å². The molecule has 2 aromatic carbocycles. The molecule has 3 rings (SSSR count). The van der Waals surface area contributed by atoms with Gasteiger partial charge in [0.2, 0.25) is 5.91 Å². The first-order chi connectivity index (χ1) is 12.6. The Kier molecular flexibility index (Phi) is 5.68. The average Bonchev–Trinajstić information content (AvgIpc) is 3.12. The van der Waals surface area contributed by atoms with E-state index in [1.165, 1.54) is 0 Å². The fourth-order valence-electron chi connectivity index (χ4n) is 3.45. The molecule has 6 heteroatoms. The lowest BCUT2D eigenvalue weighted by molar-refractivity contribution is -0.128. The van der Waals surface area contributed by atoms with Crippen LogP contribution in [0.15, 0.2) is 60.7 Å². The second-order valence-electron chi connectivity index (χ2n) is 6.53. The van der Waals surface area contributed by atoms with Gasteiger partial charge >= 0.3 is 0 Å². The standard InChI is InChI=1S/C20H24N2O4/c23-13-17(22-19(25)18-16(24)11-12-21-18)20(26,14-7-3-1-4-8-14)15-9-5-2-6-10-15/h1-10,16-18,21,23-24,26H,11-13H2,(H,22,25)/t16-,17-,18-/m0/s1. The molecule has 0 saturated carbocycles. The summed E-state index contributed by atoms with van der Waals surface area (Å²) in [7, 11) is 0. The fourth-order valence-corrected chi connectivity index (χ4v) is 3.45. The molecule has 0 aliphatic carbocycles. The monoisotopic (exact) mass is 356 g/mol. The first-order valence-corrected chi connectivity index (χ1v) is 8.73. The molecule has 138 valence electrons. The van der Waals surface area contributed by atoms with Gasteiger partial charge in [-0.3, -0.25) is 4.79 Å². The van der Waals surface area contributed by atoms with Crippen LogP contribution in [-0.2, 0) is 10.4 Å². The zero-order valence-corrected chi connectivity index (χ0v) is 14.4. The van der Waals surface area contributed by atoms with Crippen LogP contribution in [-0.4, -0.2) is 52.6 Å². The number of carbonyl (C=O) groups is 1. The Morgan fingerprint density at radius 3 is 2.08 bits per heavy atom. The van der Waals surface area contributed by atoms with Gasteiger partial charge in [-0.2, -0.15) is 0 Å². The van der Waals surface area contributed by atoms with Crippen LogP contribution in [0.2, 0.25) is 0 Å². The largest absolute Gasteiger partial charge is 0.394 e. The second kappa shape index (κ2) is 7.97. The molecule has 6 nitrogen and oxygen atoms in total. The van der Waals surface area contributed by atoms with E-state index in [1.807, 2.05) is 12.1 Å². The van der Waals surface area contributed by atoms with Crippen LogP contribution in [0.5, 0.6) is 0 Å². The van der Waals surface area contributed by atoms with E-state index < -0.39 is 36.3 Å². The van der Waals surface area contributed by atoms with Crippen molar-refractivity contribution in [2.45, 2.75) is 30.2 Å². The molecule has 0 aromatic heterocycles. The Hall–Kier alpha value is -2.25. The molecule has 1 amide bonds. The number of carbonyl (C=O) groups excluding carboxylic acids is 1. The number of benzene rings is 2. The highest BCUT2D eigenvalue weighted by Crippen LogP contribution is 2.33. The Labute approximate surface area is 152 Å². The van der Waals surface area contributed by atoms with Gasteiger partial charge < -0.3 is 26.0 Å². The molecule has 5 N–H and O–H groups in total. The van der Waals surface area contributed by atoms with Crippen LogP contribution < -0.4 is 10.6 Å². The highest BCUT2D eigenvalue weighted by atomic mass is 16.3. The summed E-state index contributed by atoms with van der Waals surface area (Å²) < 4.78 is 0. The van der Waals surface area contributed by atoms with Crippen molar-refractivity contribution in [2.75, 3.05) is 13.2 Å². The van der Waals surface area contributed by atoms with Gasteiger partial charge in [0.15, 0.2) is 0 Å². The van der Waals surface area contributed by atoms with E-state index >= 15 is 0 Å². The van der Waals surface area contributed by atoms with Crippen molar-refractivity contribution in [3.63, 3.8) is 0 Å². The minimum absolute atomic E-state index is 0.445. The van der Waals surface area contributed by atoms with E-state index in [0.29, 0.717) is 24.1 Å². The summed E-state index contributed by atoms with van der Waals surface area (Å²) in [6, 6.07) is 16.1. The molecule has 1 saturated heterocycles. The molecule has 1 aliphatic rings. The first-order valence-electron chi connectivity index (χ1n) is 8.73. The first kappa shape index (κ1) is 18.5. The predicted octanol–water partition coefficient (Wildman–Crippen LogP) is 0.122. The third-order valence-electron chi connectivity index (χ3n) is 4.90.